The molecule has 0 aliphatic carbocycles. The molecule has 0 fully saturated rings. The van der Waals surface area contributed by atoms with Crippen LogP contribution in [0.15, 0.2) is 42.5 Å². The molecule has 2 amide bonds. The molecule has 3 N–H and O–H groups in total. The molecule has 0 bridgehead atoms. The molecule has 2 aromatic carbocycles. The smallest absolute Gasteiger partial charge is 0.323 e. The van der Waals surface area contributed by atoms with Gasteiger partial charge in [-0.1, -0.05) is 18.2 Å². The Bertz CT molecular complexity index is 818. The standard InChI is InChI=1S/C21H25N3O3/c1-24-12-10-16-5-8-19(14-17(16)11-13-24)23-21(27)22-18-6-2-15(3-7-18)4-9-20(25)26/h2-3,5-8,14H,4,9-13H2,1H3,(H,25,26)(H2,22,23,27). The van der Waals surface area contributed by atoms with Gasteiger partial charge < -0.3 is 20.6 Å². The average Bonchev–Trinajstić information content (AvgIpc) is 2.82. The Morgan fingerprint density at radius 3 is 2.30 bits per heavy atom. The summed E-state index contributed by atoms with van der Waals surface area (Å²) in [5.41, 5.74) is 5.03. The van der Waals surface area contributed by atoms with Crippen LogP contribution < -0.4 is 10.6 Å². The van der Waals surface area contributed by atoms with Gasteiger partial charge in [0.05, 0.1) is 0 Å². The van der Waals surface area contributed by atoms with Crippen LogP contribution >= 0.6 is 0 Å². The molecule has 0 unspecified atom stereocenters. The molecule has 0 saturated carbocycles. The van der Waals surface area contributed by atoms with Gasteiger partial charge in [-0.15, -0.1) is 0 Å². The van der Waals surface area contributed by atoms with Crippen LogP contribution in [0.1, 0.15) is 23.1 Å². The van der Waals surface area contributed by atoms with E-state index < -0.39 is 5.97 Å². The summed E-state index contributed by atoms with van der Waals surface area (Å²) < 4.78 is 0. The number of benzene rings is 2. The van der Waals surface area contributed by atoms with Crippen LogP contribution in [0, 0.1) is 0 Å². The van der Waals surface area contributed by atoms with E-state index in [1.165, 1.54) is 11.1 Å². The SMILES string of the molecule is CN1CCc2ccc(NC(=O)Nc3ccc(CCC(=O)O)cc3)cc2CC1. The van der Waals surface area contributed by atoms with E-state index in [-0.39, 0.29) is 12.5 Å². The molecule has 1 aliphatic heterocycles. The van der Waals surface area contributed by atoms with Gasteiger partial charge in [0, 0.05) is 30.9 Å². The molecule has 0 spiro atoms. The summed E-state index contributed by atoms with van der Waals surface area (Å²) in [6.45, 7) is 2.08. The maximum atomic E-state index is 12.3. The van der Waals surface area contributed by atoms with Crippen molar-refractivity contribution in [3.8, 4) is 0 Å². The van der Waals surface area contributed by atoms with Gasteiger partial charge in [0.15, 0.2) is 0 Å². The van der Waals surface area contributed by atoms with E-state index in [9.17, 15) is 9.59 Å². The highest BCUT2D eigenvalue weighted by Gasteiger charge is 2.12. The lowest BCUT2D eigenvalue weighted by Gasteiger charge is -2.11. The zero-order valence-electron chi connectivity index (χ0n) is 15.5. The Kier molecular flexibility index (Phi) is 6.08. The van der Waals surface area contributed by atoms with Crippen molar-refractivity contribution < 1.29 is 14.7 Å². The Labute approximate surface area is 159 Å². The van der Waals surface area contributed by atoms with Crippen molar-refractivity contribution in [3.63, 3.8) is 0 Å². The van der Waals surface area contributed by atoms with Gasteiger partial charge >= 0.3 is 12.0 Å². The molecule has 6 heteroatoms. The average molecular weight is 367 g/mol. The van der Waals surface area contributed by atoms with Crippen LogP contribution in [0.3, 0.4) is 0 Å². The molecule has 6 nitrogen and oxygen atoms in total. The largest absolute Gasteiger partial charge is 0.481 e. The second-order valence-electron chi connectivity index (χ2n) is 6.96. The molecule has 0 radical (unpaired) electrons. The van der Waals surface area contributed by atoms with Gasteiger partial charge in [-0.2, -0.15) is 0 Å². The number of rotatable bonds is 5. The number of fused-ring (bicyclic) bond motifs is 1. The minimum Gasteiger partial charge on any atom is -0.481 e. The number of nitrogens with one attached hydrogen (secondary N) is 2. The lowest BCUT2D eigenvalue weighted by atomic mass is 10.0. The minimum absolute atomic E-state index is 0.0986. The number of nitrogens with zero attached hydrogens (tertiary/aromatic N) is 1. The number of carboxylic acid groups (broad SMARTS) is 1. The lowest BCUT2D eigenvalue weighted by Crippen LogP contribution is -2.20. The zero-order chi connectivity index (χ0) is 19.2. The number of likely N-dealkylation sites (N-methyl/N-ethyl adjacent to an activating group) is 1. The number of carbonyl (C=O) groups excluding carboxylic acids is 1. The summed E-state index contributed by atoms with van der Waals surface area (Å²) in [5.74, 6) is -0.816. The van der Waals surface area contributed by atoms with Crippen LogP contribution in [0.4, 0.5) is 16.2 Å². The number of hydrogen-bond acceptors (Lipinski definition) is 3. The summed E-state index contributed by atoms with van der Waals surface area (Å²) >= 11 is 0. The van der Waals surface area contributed by atoms with Gasteiger partial charge in [-0.25, -0.2) is 4.79 Å². The van der Waals surface area contributed by atoms with E-state index in [4.69, 9.17) is 5.11 Å². The number of hydrogen-bond donors (Lipinski definition) is 3. The molecular formula is C21H25N3O3. The van der Waals surface area contributed by atoms with Gasteiger partial charge in [0.1, 0.15) is 0 Å². The number of urea groups is 1. The topological polar surface area (TPSA) is 81.7 Å². The molecule has 0 aromatic heterocycles. The predicted octanol–water partition coefficient (Wildman–Crippen LogP) is 3.38. The van der Waals surface area contributed by atoms with Crippen molar-refractivity contribution in [2.75, 3.05) is 30.8 Å². The van der Waals surface area contributed by atoms with Crippen molar-refractivity contribution in [1.29, 1.82) is 0 Å². The molecule has 3 rings (SSSR count). The van der Waals surface area contributed by atoms with Gasteiger partial charge in [0.25, 0.3) is 0 Å². The van der Waals surface area contributed by atoms with Crippen LogP contribution in [0.25, 0.3) is 0 Å². The Hall–Kier alpha value is -2.86. The Balaban J connectivity index is 1.57. The first-order chi connectivity index (χ1) is 13.0. The minimum atomic E-state index is -0.816. The first-order valence-electron chi connectivity index (χ1n) is 9.19. The van der Waals surface area contributed by atoms with E-state index in [1.54, 1.807) is 12.1 Å². The Morgan fingerprint density at radius 1 is 0.963 bits per heavy atom. The van der Waals surface area contributed by atoms with Crippen LogP contribution in [-0.4, -0.2) is 42.1 Å². The number of carboxylic acids is 1. The molecule has 0 saturated heterocycles. The number of aryl methyl sites for hydroxylation is 1. The molecule has 142 valence electrons. The van der Waals surface area contributed by atoms with Crippen molar-refractivity contribution in [3.05, 3.63) is 59.2 Å². The van der Waals surface area contributed by atoms with Crippen LogP contribution in [0.5, 0.6) is 0 Å². The van der Waals surface area contributed by atoms with E-state index >= 15 is 0 Å². The van der Waals surface area contributed by atoms with Crippen LogP contribution in [-0.2, 0) is 24.1 Å². The van der Waals surface area contributed by atoms with Gasteiger partial charge in [0.2, 0.25) is 0 Å². The fraction of sp³-hybridized carbons (Fsp3) is 0.333. The van der Waals surface area contributed by atoms with Crippen molar-refractivity contribution in [1.82, 2.24) is 4.90 Å². The van der Waals surface area contributed by atoms with E-state index in [0.717, 1.165) is 37.2 Å². The molecule has 1 aliphatic rings. The number of carbonyl (C=O) groups is 2. The first kappa shape index (κ1) is 18.9. The third kappa shape index (κ3) is 5.56. The molecule has 0 atom stereocenters. The zero-order valence-corrected chi connectivity index (χ0v) is 15.5. The van der Waals surface area contributed by atoms with Crippen molar-refractivity contribution in [2.45, 2.75) is 25.7 Å². The number of anilines is 2. The molecule has 2 aromatic rings. The normalized spacial score (nSPS) is 14.1. The molecule has 27 heavy (non-hydrogen) atoms. The second kappa shape index (κ2) is 8.68. The summed E-state index contributed by atoms with van der Waals surface area (Å²) in [4.78, 5) is 25.2. The summed E-state index contributed by atoms with van der Waals surface area (Å²) in [6, 6.07) is 13.0. The third-order valence-electron chi connectivity index (χ3n) is 4.83. The maximum absolute atomic E-state index is 12.3. The fourth-order valence-corrected chi connectivity index (χ4v) is 3.21. The summed E-state index contributed by atoms with van der Waals surface area (Å²) in [7, 11) is 2.13. The highest BCUT2D eigenvalue weighted by Crippen LogP contribution is 2.20. The van der Waals surface area contributed by atoms with Crippen molar-refractivity contribution >= 4 is 23.4 Å². The Morgan fingerprint density at radius 2 is 1.59 bits per heavy atom. The fourth-order valence-electron chi connectivity index (χ4n) is 3.21. The lowest BCUT2D eigenvalue weighted by molar-refractivity contribution is -0.136. The van der Waals surface area contributed by atoms with Gasteiger partial charge in [-0.05, 0) is 67.3 Å². The highest BCUT2D eigenvalue weighted by atomic mass is 16.4. The number of amides is 2. The first-order valence-corrected chi connectivity index (χ1v) is 9.19. The van der Waals surface area contributed by atoms with Gasteiger partial charge in [-0.3, -0.25) is 4.79 Å². The molecule has 1 heterocycles. The summed E-state index contributed by atoms with van der Waals surface area (Å²) in [5, 5.41) is 14.4. The van der Waals surface area contributed by atoms with E-state index in [0.29, 0.717) is 12.1 Å². The monoisotopic (exact) mass is 367 g/mol. The maximum Gasteiger partial charge on any atom is 0.323 e. The van der Waals surface area contributed by atoms with Crippen LogP contribution in [0.2, 0.25) is 0 Å². The molecular weight excluding hydrogens is 342 g/mol. The third-order valence-corrected chi connectivity index (χ3v) is 4.83. The quantitative estimate of drug-likeness (QED) is 0.757. The van der Waals surface area contributed by atoms with E-state index in [1.807, 2.05) is 18.2 Å². The summed E-state index contributed by atoms with van der Waals surface area (Å²) in [6.07, 6.45) is 2.60. The highest BCUT2D eigenvalue weighted by molar-refractivity contribution is 5.99. The van der Waals surface area contributed by atoms with Crippen molar-refractivity contribution in [2.24, 2.45) is 0 Å². The predicted molar refractivity (Wildman–Crippen MR) is 106 cm³/mol. The number of aliphatic carboxylic acids is 1. The van der Waals surface area contributed by atoms with E-state index in [2.05, 4.69) is 34.7 Å². The second-order valence-corrected chi connectivity index (χ2v) is 6.96.